The van der Waals surface area contributed by atoms with Crippen LogP contribution in [0.4, 0.5) is 4.79 Å². The highest BCUT2D eigenvalue weighted by atomic mass is 16.6. The van der Waals surface area contributed by atoms with Crippen molar-refractivity contribution in [2.45, 2.75) is 6.61 Å². The van der Waals surface area contributed by atoms with E-state index in [-0.39, 0.29) is 12.5 Å². The van der Waals surface area contributed by atoms with Crippen LogP contribution in [0.3, 0.4) is 0 Å². The number of methoxy groups -OCH3 is 1. The van der Waals surface area contributed by atoms with Crippen molar-refractivity contribution in [1.82, 2.24) is 10.3 Å². The number of ether oxygens (including phenoxy) is 3. The third kappa shape index (κ3) is 5.05. The number of carbonyl (C=O) groups excluding carboxylic acids is 1. The minimum atomic E-state index is -0.558. The van der Waals surface area contributed by atoms with Crippen molar-refractivity contribution in [3.05, 3.63) is 54.4 Å². The van der Waals surface area contributed by atoms with Gasteiger partial charge in [-0.15, -0.1) is 0 Å². The van der Waals surface area contributed by atoms with Crippen molar-refractivity contribution in [3.63, 3.8) is 0 Å². The van der Waals surface area contributed by atoms with Gasteiger partial charge in [0.25, 0.3) is 0 Å². The number of oxazole rings is 1. The number of nitrogens with one attached hydrogen (secondary N) is 1. The van der Waals surface area contributed by atoms with E-state index in [0.717, 1.165) is 16.9 Å². The Bertz CT molecular complexity index is 936. The number of alkyl carbamates (subject to hydrolysis) is 1. The Morgan fingerprint density at radius 3 is 2.34 bits per heavy atom. The van der Waals surface area contributed by atoms with E-state index in [1.54, 1.807) is 7.11 Å². The summed E-state index contributed by atoms with van der Waals surface area (Å²) in [7, 11) is 3.10. The second-order valence-corrected chi connectivity index (χ2v) is 6.00. The molecule has 0 aliphatic rings. The summed E-state index contributed by atoms with van der Waals surface area (Å²) >= 11 is 0. The Morgan fingerprint density at radius 1 is 1.07 bits per heavy atom. The zero-order valence-corrected chi connectivity index (χ0v) is 16.3. The van der Waals surface area contributed by atoms with Crippen molar-refractivity contribution in [3.8, 4) is 34.1 Å². The fourth-order valence-corrected chi connectivity index (χ4v) is 2.65. The van der Waals surface area contributed by atoms with Crippen LogP contribution in [-0.2, 0) is 11.3 Å². The van der Waals surface area contributed by atoms with Crippen molar-refractivity contribution < 1.29 is 23.4 Å². The topological polar surface area (TPSA) is 109 Å². The second-order valence-electron chi connectivity index (χ2n) is 6.00. The molecule has 8 nitrogen and oxygen atoms in total. The van der Waals surface area contributed by atoms with E-state index in [1.807, 2.05) is 48.5 Å². The molecule has 3 rings (SSSR count). The zero-order valence-electron chi connectivity index (χ0n) is 16.3. The molecule has 1 amide bonds. The molecule has 0 aliphatic carbocycles. The lowest BCUT2D eigenvalue weighted by Crippen LogP contribution is -2.18. The molecule has 1 aromatic heterocycles. The molecule has 3 aromatic rings. The molecule has 8 heteroatoms. The molecule has 0 atom stereocenters. The Kier molecular flexibility index (Phi) is 6.70. The summed E-state index contributed by atoms with van der Waals surface area (Å²) in [6, 6.07) is 14.9. The summed E-state index contributed by atoms with van der Waals surface area (Å²) in [5.74, 6) is 2.31. The fraction of sp³-hybridized carbons (Fsp3) is 0.238. The molecule has 1 heterocycles. The van der Waals surface area contributed by atoms with Gasteiger partial charge < -0.3 is 29.7 Å². The van der Waals surface area contributed by atoms with Crippen LogP contribution in [0.2, 0.25) is 0 Å². The summed E-state index contributed by atoms with van der Waals surface area (Å²) in [6.45, 7) is 0.806. The van der Waals surface area contributed by atoms with Gasteiger partial charge in [0.2, 0.25) is 5.89 Å². The summed E-state index contributed by atoms with van der Waals surface area (Å²) in [6.07, 6.45) is -0.558. The summed E-state index contributed by atoms with van der Waals surface area (Å²) in [4.78, 5) is 15.9. The summed E-state index contributed by atoms with van der Waals surface area (Å²) in [5.41, 5.74) is 7.77. The average molecular weight is 397 g/mol. The average Bonchev–Trinajstić information content (AvgIpc) is 3.20. The normalized spacial score (nSPS) is 10.4. The highest BCUT2D eigenvalue weighted by Crippen LogP contribution is 2.34. The van der Waals surface area contributed by atoms with Gasteiger partial charge in [0.1, 0.15) is 23.8 Å². The minimum Gasteiger partial charge on any atom is -0.497 e. The lowest BCUT2D eigenvalue weighted by atomic mass is 10.1. The molecule has 0 spiro atoms. The first kappa shape index (κ1) is 20.2. The molecule has 3 N–H and O–H groups in total. The van der Waals surface area contributed by atoms with Gasteiger partial charge in [-0.25, -0.2) is 9.78 Å². The van der Waals surface area contributed by atoms with E-state index in [9.17, 15) is 4.79 Å². The van der Waals surface area contributed by atoms with Gasteiger partial charge in [-0.1, -0.05) is 0 Å². The number of aromatic nitrogens is 1. The number of nitrogens with two attached hydrogens (primary N) is 1. The van der Waals surface area contributed by atoms with Crippen LogP contribution in [0.25, 0.3) is 22.6 Å². The molecule has 0 saturated heterocycles. The van der Waals surface area contributed by atoms with Crippen molar-refractivity contribution in [2.75, 3.05) is 27.3 Å². The van der Waals surface area contributed by atoms with Crippen LogP contribution in [0, 0.1) is 0 Å². The maximum absolute atomic E-state index is 11.4. The summed E-state index contributed by atoms with van der Waals surface area (Å²) < 4.78 is 21.7. The molecule has 29 heavy (non-hydrogen) atoms. The zero-order chi connectivity index (χ0) is 20.6. The van der Waals surface area contributed by atoms with Gasteiger partial charge >= 0.3 is 6.09 Å². The molecule has 0 saturated carbocycles. The van der Waals surface area contributed by atoms with Gasteiger partial charge in [0.05, 0.1) is 7.11 Å². The van der Waals surface area contributed by atoms with E-state index >= 15 is 0 Å². The Hall–Kier alpha value is -3.52. The van der Waals surface area contributed by atoms with E-state index in [2.05, 4.69) is 10.3 Å². The fourth-order valence-electron chi connectivity index (χ4n) is 2.65. The minimum absolute atomic E-state index is 0.0828. The van der Waals surface area contributed by atoms with Crippen molar-refractivity contribution >= 4 is 6.09 Å². The van der Waals surface area contributed by atoms with Crippen LogP contribution >= 0.6 is 0 Å². The van der Waals surface area contributed by atoms with E-state index < -0.39 is 6.09 Å². The maximum Gasteiger partial charge on any atom is 0.407 e. The predicted octanol–water partition coefficient (Wildman–Crippen LogP) is 3.21. The number of carbonyl (C=O) groups is 1. The Morgan fingerprint density at radius 2 is 1.72 bits per heavy atom. The van der Waals surface area contributed by atoms with Crippen LogP contribution in [0.5, 0.6) is 11.5 Å². The van der Waals surface area contributed by atoms with Crippen molar-refractivity contribution in [2.24, 2.45) is 5.73 Å². The van der Waals surface area contributed by atoms with Crippen LogP contribution < -0.4 is 20.5 Å². The van der Waals surface area contributed by atoms with Gasteiger partial charge in [-0.2, -0.15) is 0 Å². The number of hydrogen-bond acceptors (Lipinski definition) is 7. The highest BCUT2D eigenvalue weighted by molar-refractivity contribution is 5.77. The van der Waals surface area contributed by atoms with Gasteiger partial charge in [0, 0.05) is 24.7 Å². The number of rotatable bonds is 8. The number of benzene rings is 2. The van der Waals surface area contributed by atoms with Gasteiger partial charge in [-0.3, -0.25) is 0 Å². The first-order valence-corrected chi connectivity index (χ1v) is 9.06. The van der Waals surface area contributed by atoms with E-state index in [1.165, 1.54) is 7.05 Å². The van der Waals surface area contributed by atoms with E-state index in [4.69, 9.17) is 24.4 Å². The lowest BCUT2D eigenvalue weighted by molar-refractivity contribution is 0.131. The standard InChI is InChI=1S/C21H23N3O5/c1-23-21(25)28-13-18-24-19(14-3-7-16(26-2)8-4-14)20(29-18)15-5-9-17(10-6-15)27-12-11-22/h3-10H,11-13,22H2,1-2H3,(H,23,25). The van der Waals surface area contributed by atoms with Crippen LogP contribution in [0.1, 0.15) is 5.89 Å². The molecule has 0 bridgehead atoms. The first-order valence-electron chi connectivity index (χ1n) is 9.06. The third-order valence-corrected chi connectivity index (χ3v) is 4.07. The SMILES string of the molecule is CNC(=O)OCc1nc(-c2ccc(OC)cc2)c(-c2ccc(OCCN)cc2)o1. The first-order chi connectivity index (χ1) is 14.1. The molecular weight excluding hydrogens is 374 g/mol. The number of hydrogen-bond donors (Lipinski definition) is 2. The molecule has 2 aromatic carbocycles. The molecular formula is C21H23N3O5. The van der Waals surface area contributed by atoms with Gasteiger partial charge in [0.15, 0.2) is 12.4 Å². The number of nitrogens with zero attached hydrogens (tertiary/aromatic N) is 1. The Balaban J connectivity index is 1.94. The van der Waals surface area contributed by atoms with E-state index in [0.29, 0.717) is 30.4 Å². The van der Waals surface area contributed by atoms with Crippen molar-refractivity contribution in [1.29, 1.82) is 0 Å². The smallest absolute Gasteiger partial charge is 0.407 e. The monoisotopic (exact) mass is 397 g/mol. The van der Waals surface area contributed by atoms with Crippen LogP contribution in [-0.4, -0.2) is 38.4 Å². The predicted molar refractivity (Wildman–Crippen MR) is 108 cm³/mol. The largest absolute Gasteiger partial charge is 0.497 e. The molecule has 0 aliphatic heterocycles. The molecule has 0 unspecified atom stereocenters. The summed E-state index contributed by atoms with van der Waals surface area (Å²) in [5, 5.41) is 2.39. The quantitative estimate of drug-likeness (QED) is 0.601. The molecule has 152 valence electrons. The number of amides is 1. The lowest BCUT2D eigenvalue weighted by Gasteiger charge is -2.06. The Labute approximate surface area is 168 Å². The third-order valence-electron chi connectivity index (χ3n) is 4.07. The molecule has 0 radical (unpaired) electrons. The molecule has 0 fully saturated rings. The second kappa shape index (κ2) is 9.61. The maximum atomic E-state index is 11.4. The highest BCUT2D eigenvalue weighted by Gasteiger charge is 2.18. The van der Waals surface area contributed by atoms with Gasteiger partial charge in [-0.05, 0) is 48.5 Å². The van der Waals surface area contributed by atoms with Crippen LogP contribution in [0.15, 0.2) is 52.9 Å².